The number of rotatable bonds is 9. The topological polar surface area (TPSA) is 87.0 Å². The molecule has 0 spiro atoms. The summed E-state index contributed by atoms with van der Waals surface area (Å²) in [6, 6.07) is 12.5. The van der Waals surface area contributed by atoms with Crippen molar-refractivity contribution in [1.29, 1.82) is 0 Å². The SMILES string of the molecule is Cc1cc([N+](=O)[O-])cc(S(=O)(=O)N2CCN(c3ccccc3)CC2)c1N(CCBr)CCBr. The number of benzene rings is 2. The maximum Gasteiger partial charge on any atom is 0.271 e. The highest BCUT2D eigenvalue weighted by Gasteiger charge is 2.34. The van der Waals surface area contributed by atoms with Crippen LogP contribution in [0.4, 0.5) is 17.1 Å². The number of para-hydroxylation sites is 1. The highest BCUT2D eigenvalue weighted by Crippen LogP contribution is 2.36. The number of non-ortho nitro benzene ring substituents is 1. The van der Waals surface area contributed by atoms with E-state index < -0.39 is 14.9 Å². The highest BCUT2D eigenvalue weighted by atomic mass is 79.9. The number of nitro benzene ring substituents is 1. The minimum Gasteiger partial charge on any atom is -0.369 e. The number of nitrogens with zero attached hydrogens (tertiary/aromatic N) is 4. The lowest BCUT2D eigenvalue weighted by atomic mass is 10.1. The fourth-order valence-corrected chi connectivity index (χ4v) is 6.52. The Morgan fingerprint density at radius 1 is 1.03 bits per heavy atom. The molecule has 0 N–H and O–H groups in total. The van der Waals surface area contributed by atoms with Gasteiger partial charge in [-0.3, -0.25) is 10.1 Å². The maximum atomic E-state index is 13.7. The number of halogens is 2. The zero-order chi connectivity index (χ0) is 23.3. The highest BCUT2D eigenvalue weighted by molar-refractivity contribution is 9.09. The number of sulfonamides is 1. The van der Waals surface area contributed by atoms with Gasteiger partial charge in [0.15, 0.2) is 0 Å². The molecule has 0 aliphatic carbocycles. The van der Waals surface area contributed by atoms with E-state index in [1.807, 2.05) is 35.2 Å². The summed E-state index contributed by atoms with van der Waals surface area (Å²) in [7, 11) is -3.93. The summed E-state index contributed by atoms with van der Waals surface area (Å²) in [5, 5.41) is 12.8. The third-order valence-corrected chi connectivity index (χ3v) is 8.09. The molecule has 8 nitrogen and oxygen atoms in total. The van der Waals surface area contributed by atoms with Crippen molar-refractivity contribution in [2.75, 3.05) is 59.7 Å². The van der Waals surface area contributed by atoms with Gasteiger partial charge in [-0.2, -0.15) is 4.31 Å². The summed E-state index contributed by atoms with van der Waals surface area (Å²) >= 11 is 6.86. The molecule has 0 unspecified atom stereocenters. The van der Waals surface area contributed by atoms with Gasteiger partial charge in [0.2, 0.25) is 10.0 Å². The maximum absolute atomic E-state index is 13.7. The Balaban J connectivity index is 1.98. The van der Waals surface area contributed by atoms with Crippen LogP contribution in [-0.4, -0.2) is 67.6 Å². The van der Waals surface area contributed by atoms with Crippen LogP contribution < -0.4 is 9.80 Å². The van der Waals surface area contributed by atoms with E-state index >= 15 is 0 Å². The van der Waals surface area contributed by atoms with Crippen molar-refractivity contribution in [2.45, 2.75) is 11.8 Å². The molecule has 1 saturated heterocycles. The number of aryl methyl sites for hydroxylation is 1. The van der Waals surface area contributed by atoms with Gasteiger partial charge in [0, 0.05) is 67.7 Å². The summed E-state index contributed by atoms with van der Waals surface area (Å²) in [4.78, 5) is 15.1. The Labute approximate surface area is 205 Å². The molecule has 0 saturated carbocycles. The van der Waals surface area contributed by atoms with E-state index in [1.165, 1.54) is 16.4 Å². The van der Waals surface area contributed by atoms with Crippen molar-refractivity contribution < 1.29 is 13.3 Å². The molecule has 1 fully saturated rings. The van der Waals surface area contributed by atoms with Crippen LogP contribution in [0.1, 0.15) is 5.56 Å². The third-order valence-electron chi connectivity index (χ3n) is 5.46. The van der Waals surface area contributed by atoms with E-state index in [4.69, 9.17) is 0 Å². The first-order valence-electron chi connectivity index (χ1n) is 10.3. The van der Waals surface area contributed by atoms with Gasteiger partial charge in [-0.1, -0.05) is 50.1 Å². The largest absolute Gasteiger partial charge is 0.369 e. The van der Waals surface area contributed by atoms with Gasteiger partial charge >= 0.3 is 0 Å². The fraction of sp³-hybridized carbons (Fsp3) is 0.429. The van der Waals surface area contributed by atoms with Crippen LogP contribution in [0.5, 0.6) is 0 Å². The summed E-state index contributed by atoms with van der Waals surface area (Å²) in [6.45, 7) is 4.62. The lowest BCUT2D eigenvalue weighted by molar-refractivity contribution is -0.385. The lowest BCUT2D eigenvalue weighted by Crippen LogP contribution is -2.49. The number of anilines is 2. The first kappa shape index (κ1) is 24.9. The van der Waals surface area contributed by atoms with Crippen LogP contribution in [-0.2, 0) is 10.0 Å². The Kier molecular flexibility index (Phi) is 8.54. The van der Waals surface area contributed by atoms with Crippen LogP contribution in [0.2, 0.25) is 0 Å². The molecule has 0 aromatic heterocycles. The molecule has 0 radical (unpaired) electrons. The van der Waals surface area contributed by atoms with Crippen LogP contribution in [0.25, 0.3) is 0 Å². The van der Waals surface area contributed by atoms with Crippen molar-refractivity contribution in [3.63, 3.8) is 0 Å². The molecule has 174 valence electrons. The van der Waals surface area contributed by atoms with Gasteiger partial charge in [0.1, 0.15) is 4.90 Å². The molecule has 0 amide bonds. The number of hydrogen-bond acceptors (Lipinski definition) is 6. The Bertz CT molecular complexity index is 1040. The normalized spacial score (nSPS) is 15.0. The number of nitro groups is 1. The second-order valence-corrected chi connectivity index (χ2v) is 11.0. The Hall–Kier alpha value is -1.69. The van der Waals surface area contributed by atoms with E-state index in [0.717, 1.165) is 5.69 Å². The average Bonchev–Trinajstić information content (AvgIpc) is 2.79. The zero-order valence-electron chi connectivity index (χ0n) is 17.8. The van der Waals surface area contributed by atoms with E-state index in [1.54, 1.807) is 6.92 Å². The quantitative estimate of drug-likeness (QED) is 0.249. The molecule has 0 atom stereocenters. The molecular formula is C21H26Br2N4O4S. The van der Waals surface area contributed by atoms with Crippen LogP contribution in [0.15, 0.2) is 47.4 Å². The van der Waals surface area contributed by atoms with Gasteiger partial charge in [0.05, 0.1) is 10.6 Å². The molecule has 1 aliphatic heterocycles. The molecule has 3 rings (SSSR count). The van der Waals surface area contributed by atoms with Gasteiger partial charge in [-0.15, -0.1) is 0 Å². The monoisotopic (exact) mass is 588 g/mol. The van der Waals surface area contributed by atoms with Crippen LogP contribution >= 0.6 is 31.9 Å². The zero-order valence-corrected chi connectivity index (χ0v) is 21.8. The van der Waals surface area contributed by atoms with Crippen LogP contribution in [0, 0.1) is 17.0 Å². The summed E-state index contributed by atoms with van der Waals surface area (Å²) in [5.41, 5.74) is 1.94. The van der Waals surface area contributed by atoms with Crippen molar-refractivity contribution in [3.05, 3.63) is 58.1 Å². The summed E-state index contributed by atoms with van der Waals surface area (Å²) in [6.07, 6.45) is 0. The molecule has 0 bridgehead atoms. The van der Waals surface area contributed by atoms with Crippen molar-refractivity contribution in [2.24, 2.45) is 0 Å². The van der Waals surface area contributed by atoms with Gasteiger partial charge in [-0.25, -0.2) is 8.42 Å². The molecule has 11 heteroatoms. The molecule has 2 aromatic rings. The van der Waals surface area contributed by atoms with Crippen LogP contribution in [0.3, 0.4) is 0 Å². The van der Waals surface area contributed by atoms with Crippen molar-refractivity contribution in [1.82, 2.24) is 4.31 Å². The molecule has 1 heterocycles. The minimum absolute atomic E-state index is 0.000684. The predicted octanol–water partition coefficient (Wildman–Crippen LogP) is 4.01. The molecule has 32 heavy (non-hydrogen) atoms. The second-order valence-electron chi connectivity index (χ2n) is 7.46. The molecule has 1 aliphatic rings. The first-order chi connectivity index (χ1) is 15.3. The van der Waals surface area contributed by atoms with Crippen molar-refractivity contribution >= 4 is 58.9 Å². The fourth-order valence-electron chi connectivity index (χ4n) is 3.94. The smallest absolute Gasteiger partial charge is 0.271 e. The third kappa shape index (κ3) is 5.44. The van der Waals surface area contributed by atoms with Gasteiger partial charge < -0.3 is 9.80 Å². The molecular weight excluding hydrogens is 564 g/mol. The van der Waals surface area contributed by atoms with Gasteiger partial charge in [0.25, 0.3) is 5.69 Å². The molecule has 2 aromatic carbocycles. The number of hydrogen-bond donors (Lipinski definition) is 0. The van der Waals surface area contributed by atoms with E-state index in [9.17, 15) is 18.5 Å². The lowest BCUT2D eigenvalue weighted by Gasteiger charge is -2.36. The van der Waals surface area contributed by atoms with Gasteiger partial charge in [-0.05, 0) is 24.6 Å². The standard InChI is InChI=1S/C21H26Br2N4O4S/c1-17-15-19(27(28)29)16-20(21(17)25(9-7-22)10-8-23)32(30,31)26-13-11-24(12-14-26)18-5-3-2-4-6-18/h2-6,15-16H,7-14H2,1H3. The first-order valence-corrected chi connectivity index (χ1v) is 13.9. The Morgan fingerprint density at radius 2 is 1.62 bits per heavy atom. The predicted molar refractivity (Wildman–Crippen MR) is 135 cm³/mol. The second kappa shape index (κ2) is 11.0. The minimum atomic E-state index is -3.93. The van der Waals surface area contributed by atoms with E-state index in [-0.39, 0.29) is 10.6 Å². The Morgan fingerprint density at radius 3 is 2.16 bits per heavy atom. The van der Waals surface area contributed by atoms with E-state index in [2.05, 4.69) is 36.8 Å². The van der Waals surface area contributed by atoms with Crippen molar-refractivity contribution in [3.8, 4) is 0 Å². The summed E-state index contributed by atoms with van der Waals surface area (Å²) < 4.78 is 28.9. The average molecular weight is 590 g/mol. The number of alkyl halides is 2. The number of piperazine rings is 1. The van der Waals surface area contributed by atoms with E-state index in [0.29, 0.717) is 61.2 Å². The summed E-state index contributed by atoms with van der Waals surface area (Å²) in [5.74, 6) is 0.